The fourth-order valence-corrected chi connectivity index (χ4v) is 9.02. The molecule has 7 aliphatic heterocycles. The van der Waals surface area contributed by atoms with Gasteiger partial charge in [-0.2, -0.15) is 15.1 Å². The van der Waals surface area contributed by atoms with E-state index in [1.165, 1.54) is 0 Å². The maximum atomic E-state index is 17.1. The summed E-state index contributed by atoms with van der Waals surface area (Å²) in [6.45, 7) is 3.94. The summed E-state index contributed by atoms with van der Waals surface area (Å²) in [6, 6.07) is 1.91. The van der Waals surface area contributed by atoms with Crippen LogP contribution in [0.5, 0.6) is 6.01 Å². The molecular weight excluding hydrogens is 616 g/mol. The Labute approximate surface area is 269 Å². The largest absolute Gasteiger partial charge is 0.461 e. The third kappa shape index (κ3) is 4.66. The number of hydrogen-bond acceptors (Lipinski definition) is 9. The molecule has 242 valence electrons. The van der Waals surface area contributed by atoms with Crippen molar-refractivity contribution in [1.82, 2.24) is 30.0 Å². The molecule has 7 bridgehead atoms. The fraction of sp³-hybridized carbons (Fsp3) is 0.576. The average Bonchev–Trinajstić information content (AvgIpc) is 3.73. The van der Waals surface area contributed by atoms with E-state index in [4.69, 9.17) is 35.8 Å². The lowest BCUT2D eigenvalue weighted by atomic mass is 9.82. The van der Waals surface area contributed by atoms with Crippen molar-refractivity contribution >= 4 is 39.2 Å². The quantitative estimate of drug-likeness (QED) is 0.312. The molecule has 1 aromatic carbocycles. The summed E-state index contributed by atoms with van der Waals surface area (Å²) < 4.78 is 50.4. The van der Waals surface area contributed by atoms with E-state index in [1.54, 1.807) is 12.4 Å². The van der Waals surface area contributed by atoms with Crippen LogP contribution in [0.4, 0.5) is 14.6 Å². The number of halogens is 3. The lowest BCUT2D eigenvalue weighted by Crippen LogP contribution is -2.61. The summed E-state index contributed by atoms with van der Waals surface area (Å²) >= 11 is 6.83. The van der Waals surface area contributed by atoms with Crippen LogP contribution in [0, 0.1) is 5.82 Å². The van der Waals surface area contributed by atoms with Gasteiger partial charge in [-0.25, -0.2) is 8.78 Å². The second kappa shape index (κ2) is 10.9. The van der Waals surface area contributed by atoms with Crippen LogP contribution in [0.1, 0.15) is 50.5 Å². The van der Waals surface area contributed by atoms with Crippen molar-refractivity contribution in [3.05, 3.63) is 34.9 Å². The number of aromatic amines is 1. The second-order valence-corrected chi connectivity index (χ2v) is 14.2. The van der Waals surface area contributed by atoms with E-state index in [9.17, 15) is 4.39 Å². The molecular formula is C33H36ClF2N7O3. The smallest absolute Gasteiger partial charge is 0.319 e. The number of pyridine rings is 1. The van der Waals surface area contributed by atoms with Gasteiger partial charge in [0.25, 0.3) is 0 Å². The van der Waals surface area contributed by atoms with Crippen LogP contribution in [-0.2, 0) is 15.9 Å². The Hall–Kier alpha value is -3.19. The molecule has 11 rings (SSSR count). The number of aromatic nitrogens is 5. The highest BCUT2D eigenvalue weighted by molar-refractivity contribution is 6.33. The van der Waals surface area contributed by atoms with Gasteiger partial charge in [0.15, 0.2) is 5.82 Å². The van der Waals surface area contributed by atoms with E-state index in [0.717, 1.165) is 56.1 Å². The Morgan fingerprint density at radius 3 is 2.91 bits per heavy atom. The summed E-state index contributed by atoms with van der Waals surface area (Å²) in [4.78, 5) is 18.7. The standard InChI is InChI=1S/C33H36ClF2N7O3/c34-24-10-25-22(14-38-41-25)26-21(24)4-1-9-44-16-20-12-33(46-20)6-3-7-42(17-33)30-23-13-37-29(26)27(36)28(23)39-31(40-30)45-18-32-5-2-8-43(32)15-19(35)11-32/h10,13-14,19-20H,1-9,11-12,15-18H2,(H,38,41)/t19-,20+,32+,33?/m1/s1. The zero-order valence-corrected chi connectivity index (χ0v) is 26.3. The number of rotatable bonds is 3. The molecule has 4 atom stereocenters. The van der Waals surface area contributed by atoms with Crippen molar-refractivity contribution in [3.63, 3.8) is 0 Å². The number of hydrogen-bond donors (Lipinski definition) is 1. The first-order chi connectivity index (χ1) is 22.4. The number of H-pyrrole nitrogens is 1. The Morgan fingerprint density at radius 2 is 2.00 bits per heavy atom. The van der Waals surface area contributed by atoms with Crippen LogP contribution in [-0.4, -0.2) is 99.5 Å². The molecule has 4 saturated heterocycles. The first-order valence-corrected chi connectivity index (χ1v) is 16.8. The van der Waals surface area contributed by atoms with Crippen LogP contribution in [0.15, 0.2) is 18.5 Å². The molecule has 10 heterocycles. The van der Waals surface area contributed by atoms with Crippen LogP contribution in [0.2, 0.25) is 5.02 Å². The summed E-state index contributed by atoms with van der Waals surface area (Å²) in [5, 5.41) is 8.94. The van der Waals surface area contributed by atoms with E-state index >= 15 is 4.39 Å². The number of alkyl halides is 1. The molecule has 0 radical (unpaired) electrons. The zero-order chi connectivity index (χ0) is 31.0. The average molecular weight is 652 g/mol. The van der Waals surface area contributed by atoms with Gasteiger partial charge in [0.2, 0.25) is 0 Å². The van der Waals surface area contributed by atoms with E-state index in [2.05, 4.69) is 25.0 Å². The lowest BCUT2D eigenvalue weighted by molar-refractivity contribution is -0.224. The number of fused-ring (bicyclic) bond motifs is 2. The van der Waals surface area contributed by atoms with Crippen molar-refractivity contribution in [1.29, 1.82) is 0 Å². The number of anilines is 1. The van der Waals surface area contributed by atoms with Gasteiger partial charge >= 0.3 is 6.01 Å². The highest BCUT2D eigenvalue weighted by Gasteiger charge is 2.50. The summed E-state index contributed by atoms with van der Waals surface area (Å²) in [6.07, 6.45) is 8.77. The highest BCUT2D eigenvalue weighted by atomic mass is 35.5. The third-order valence-electron chi connectivity index (χ3n) is 10.8. The SMILES string of the molecule is Fc1c2ncc3c(nc(OC[C@@]45CCCN4C[C@H](F)C5)nc13)N1CCCC3(C[C@@H](COCCCc4c(Cl)cc5[nH]ncc5c4-2)O3)C1. The molecule has 4 fully saturated rings. The first kappa shape index (κ1) is 29.0. The maximum absolute atomic E-state index is 17.1. The minimum Gasteiger partial charge on any atom is -0.461 e. The molecule has 1 unspecified atom stereocenters. The minimum absolute atomic E-state index is 0.0405. The second-order valence-electron chi connectivity index (χ2n) is 13.8. The number of ether oxygens (including phenoxy) is 3. The molecule has 4 aromatic rings. The van der Waals surface area contributed by atoms with Crippen molar-refractivity contribution in [3.8, 4) is 17.3 Å². The van der Waals surface area contributed by atoms with Crippen molar-refractivity contribution in [2.75, 3.05) is 50.9 Å². The van der Waals surface area contributed by atoms with Gasteiger partial charge in [-0.15, -0.1) is 0 Å². The molecule has 0 saturated carbocycles. The van der Waals surface area contributed by atoms with Crippen LogP contribution in [0.25, 0.3) is 33.1 Å². The van der Waals surface area contributed by atoms with Crippen LogP contribution in [0.3, 0.4) is 0 Å². The molecule has 1 spiro atoms. The summed E-state index contributed by atoms with van der Waals surface area (Å²) in [5.74, 6) is -0.00501. The van der Waals surface area contributed by atoms with Crippen LogP contribution < -0.4 is 9.64 Å². The van der Waals surface area contributed by atoms with E-state index in [0.29, 0.717) is 72.9 Å². The van der Waals surface area contributed by atoms with Gasteiger partial charge in [0.1, 0.15) is 29.8 Å². The normalized spacial score (nSPS) is 29.7. The maximum Gasteiger partial charge on any atom is 0.319 e. The van der Waals surface area contributed by atoms with E-state index in [-0.39, 0.29) is 41.1 Å². The van der Waals surface area contributed by atoms with Gasteiger partial charge < -0.3 is 19.1 Å². The summed E-state index contributed by atoms with van der Waals surface area (Å²) in [5.41, 5.74) is 1.65. The van der Waals surface area contributed by atoms with E-state index < -0.39 is 12.0 Å². The van der Waals surface area contributed by atoms with Crippen molar-refractivity contribution < 1.29 is 23.0 Å². The molecule has 0 aliphatic carbocycles. The Bertz CT molecular complexity index is 1830. The molecule has 3 aromatic heterocycles. The molecule has 46 heavy (non-hydrogen) atoms. The monoisotopic (exact) mass is 651 g/mol. The number of benzene rings is 1. The number of nitrogens with one attached hydrogen (secondary N) is 1. The van der Waals surface area contributed by atoms with Crippen molar-refractivity contribution in [2.45, 2.75) is 74.8 Å². The lowest BCUT2D eigenvalue weighted by Gasteiger charge is -2.53. The topological polar surface area (TPSA) is 102 Å². The third-order valence-corrected chi connectivity index (χ3v) is 11.1. The van der Waals surface area contributed by atoms with Crippen molar-refractivity contribution in [2.24, 2.45) is 0 Å². The van der Waals surface area contributed by atoms with Gasteiger partial charge in [-0.3, -0.25) is 15.0 Å². The zero-order valence-electron chi connectivity index (χ0n) is 25.5. The number of nitrogens with zero attached hydrogens (tertiary/aromatic N) is 6. The Morgan fingerprint density at radius 1 is 1.11 bits per heavy atom. The van der Waals surface area contributed by atoms with Gasteiger partial charge in [-0.1, -0.05) is 11.6 Å². The fourth-order valence-electron chi connectivity index (χ4n) is 8.72. The van der Waals surface area contributed by atoms with E-state index in [1.807, 2.05) is 6.07 Å². The molecule has 1 N–H and O–H groups in total. The summed E-state index contributed by atoms with van der Waals surface area (Å²) in [7, 11) is 0. The van der Waals surface area contributed by atoms with Gasteiger partial charge in [0, 0.05) is 61.3 Å². The van der Waals surface area contributed by atoms with Gasteiger partial charge in [0.05, 0.1) is 41.0 Å². The van der Waals surface area contributed by atoms with Crippen LogP contribution >= 0.6 is 11.6 Å². The molecule has 10 nitrogen and oxygen atoms in total. The molecule has 13 heteroatoms. The Kier molecular flexibility index (Phi) is 6.89. The highest BCUT2D eigenvalue weighted by Crippen LogP contribution is 2.45. The first-order valence-electron chi connectivity index (χ1n) is 16.4. The minimum atomic E-state index is -0.882. The Balaban J connectivity index is 1.20. The van der Waals surface area contributed by atoms with Gasteiger partial charge in [-0.05, 0) is 56.7 Å². The molecule has 0 amide bonds. The number of piperidine rings is 1. The molecule has 7 aliphatic rings. The predicted octanol–water partition coefficient (Wildman–Crippen LogP) is 5.41. The predicted molar refractivity (Wildman–Crippen MR) is 169 cm³/mol.